The monoisotopic (exact) mass is 337 g/mol. The van der Waals surface area contributed by atoms with E-state index in [-0.39, 0.29) is 11.9 Å². The Kier molecular flexibility index (Phi) is 3.83. The lowest BCUT2D eigenvalue weighted by atomic mass is 10.2. The lowest BCUT2D eigenvalue weighted by Crippen LogP contribution is -2.31. The number of carbonyl (C=O) groups excluding carboxylic acids is 1. The molecule has 0 radical (unpaired) electrons. The zero-order valence-electron chi connectivity index (χ0n) is 14.2. The predicted octanol–water partition coefficient (Wildman–Crippen LogP) is 2.85. The third kappa shape index (κ3) is 2.71. The Morgan fingerprint density at radius 2 is 2.04 bits per heavy atom. The second-order valence-electron chi connectivity index (χ2n) is 6.23. The molecule has 1 saturated heterocycles. The molecule has 1 aromatic carbocycles. The van der Waals surface area contributed by atoms with E-state index in [9.17, 15) is 4.79 Å². The van der Waals surface area contributed by atoms with Gasteiger partial charge in [-0.15, -0.1) is 0 Å². The zero-order valence-corrected chi connectivity index (χ0v) is 14.2. The SMILES string of the molecule is Cc1noc(C2CCCN2C(=O)c2cnn(-c3ccccc3)c2C)n1. The number of para-hydroxylation sites is 1. The van der Waals surface area contributed by atoms with Gasteiger partial charge in [0.15, 0.2) is 5.82 Å². The van der Waals surface area contributed by atoms with E-state index < -0.39 is 0 Å². The van der Waals surface area contributed by atoms with Gasteiger partial charge in [-0.1, -0.05) is 23.4 Å². The first kappa shape index (κ1) is 15.6. The fourth-order valence-corrected chi connectivity index (χ4v) is 3.32. The van der Waals surface area contributed by atoms with Gasteiger partial charge in [0, 0.05) is 6.54 Å². The van der Waals surface area contributed by atoms with E-state index in [0.717, 1.165) is 24.2 Å². The first-order chi connectivity index (χ1) is 12.1. The van der Waals surface area contributed by atoms with Gasteiger partial charge in [-0.05, 0) is 38.8 Å². The van der Waals surface area contributed by atoms with Gasteiger partial charge in [0.2, 0.25) is 5.89 Å². The van der Waals surface area contributed by atoms with Crippen molar-refractivity contribution in [1.29, 1.82) is 0 Å². The smallest absolute Gasteiger partial charge is 0.258 e. The summed E-state index contributed by atoms with van der Waals surface area (Å²) < 4.78 is 7.08. The van der Waals surface area contributed by atoms with Crippen molar-refractivity contribution in [3.63, 3.8) is 0 Å². The highest BCUT2D eigenvalue weighted by Crippen LogP contribution is 2.32. The van der Waals surface area contributed by atoms with Gasteiger partial charge in [0.25, 0.3) is 5.91 Å². The van der Waals surface area contributed by atoms with Crippen molar-refractivity contribution in [2.75, 3.05) is 6.54 Å². The minimum absolute atomic E-state index is 0.0435. The lowest BCUT2D eigenvalue weighted by molar-refractivity contribution is 0.0709. The fourth-order valence-electron chi connectivity index (χ4n) is 3.32. The number of benzene rings is 1. The molecule has 0 aliphatic carbocycles. The van der Waals surface area contributed by atoms with E-state index in [1.807, 2.05) is 42.2 Å². The molecule has 4 rings (SSSR count). The Morgan fingerprint density at radius 1 is 1.24 bits per heavy atom. The van der Waals surface area contributed by atoms with Crippen LogP contribution >= 0.6 is 0 Å². The van der Waals surface area contributed by atoms with E-state index in [1.54, 1.807) is 17.8 Å². The number of rotatable bonds is 3. The van der Waals surface area contributed by atoms with E-state index in [2.05, 4.69) is 15.2 Å². The molecule has 3 aromatic rings. The molecule has 1 atom stereocenters. The van der Waals surface area contributed by atoms with Gasteiger partial charge in [-0.25, -0.2) is 4.68 Å². The number of aromatic nitrogens is 4. The molecule has 1 unspecified atom stereocenters. The second-order valence-corrected chi connectivity index (χ2v) is 6.23. The molecule has 2 aromatic heterocycles. The average molecular weight is 337 g/mol. The predicted molar refractivity (Wildman–Crippen MR) is 90.3 cm³/mol. The number of nitrogens with zero attached hydrogens (tertiary/aromatic N) is 5. The average Bonchev–Trinajstić information content (AvgIpc) is 3.34. The molecule has 0 saturated carbocycles. The normalized spacial score (nSPS) is 17.2. The molecule has 1 aliphatic rings. The van der Waals surface area contributed by atoms with Crippen LogP contribution in [0.2, 0.25) is 0 Å². The summed E-state index contributed by atoms with van der Waals surface area (Å²) in [6, 6.07) is 9.63. The number of aryl methyl sites for hydroxylation is 1. The highest BCUT2D eigenvalue weighted by atomic mass is 16.5. The Morgan fingerprint density at radius 3 is 2.76 bits per heavy atom. The molecule has 3 heterocycles. The first-order valence-corrected chi connectivity index (χ1v) is 8.36. The van der Waals surface area contributed by atoms with Crippen molar-refractivity contribution < 1.29 is 9.32 Å². The second kappa shape index (κ2) is 6.16. The van der Waals surface area contributed by atoms with E-state index in [0.29, 0.717) is 23.8 Å². The fraction of sp³-hybridized carbons (Fsp3) is 0.333. The largest absolute Gasteiger partial charge is 0.337 e. The maximum atomic E-state index is 13.1. The molecule has 7 heteroatoms. The number of hydrogen-bond donors (Lipinski definition) is 0. The van der Waals surface area contributed by atoms with Gasteiger partial charge >= 0.3 is 0 Å². The number of amides is 1. The van der Waals surface area contributed by atoms with Crippen molar-refractivity contribution in [2.45, 2.75) is 32.7 Å². The number of likely N-dealkylation sites (tertiary alicyclic amines) is 1. The molecule has 1 fully saturated rings. The quantitative estimate of drug-likeness (QED) is 0.734. The summed E-state index contributed by atoms with van der Waals surface area (Å²) in [6.07, 6.45) is 3.39. The van der Waals surface area contributed by atoms with Crippen LogP contribution in [0.25, 0.3) is 5.69 Å². The van der Waals surface area contributed by atoms with Crippen molar-refractivity contribution in [1.82, 2.24) is 24.8 Å². The van der Waals surface area contributed by atoms with Gasteiger partial charge < -0.3 is 9.42 Å². The Labute approximate surface area is 145 Å². The van der Waals surface area contributed by atoms with Crippen molar-refractivity contribution in [3.8, 4) is 5.69 Å². The molecular formula is C18H19N5O2. The van der Waals surface area contributed by atoms with E-state index in [1.165, 1.54) is 0 Å². The Hall–Kier alpha value is -2.96. The summed E-state index contributed by atoms with van der Waals surface area (Å²) in [5.74, 6) is 1.05. The van der Waals surface area contributed by atoms with Gasteiger partial charge in [0.05, 0.1) is 23.1 Å². The molecule has 128 valence electrons. The Bertz CT molecular complexity index is 899. The molecule has 1 amide bonds. The third-order valence-corrected chi connectivity index (χ3v) is 4.58. The van der Waals surface area contributed by atoms with Crippen LogP contribution in [0.1, 0.15) is 46.7 Å². The standard InChI is InChI=1S/C18H19N5O2/c1-12-15(11-19-23(12)14-7-4-3-5-8-14)18(24)22-10-6-9-16(22)17-20-13(2)21-25-17/h3-5,7-8,11,16H,6,9-10H2,1-2H3. The summed E-state index contributed by atoms with van der Waals surface area (Å²) in [5.41, 5.74) is 2.36. The first-order valence-electron chi connectivity index (χ1n) is 8.36. The zero-order chi connectivity index (χ0) is 17.4. The minimum Gasteiger partial charge on any atom is -0.337 e. The summed E-state index contributed by atoms with van der Waals surface area (Å²) >= 11 is 0. The topological polar surface area (TPSA) is 77.0 Å². The molecule has 1 aliphatic heterocycles. The van der Waals surface area contributed by atoms with E-state index >= 15 is 0 Å². The number of carbonyl (C=O) groups is 1. The summed E-state index contributed by atoms with van der Waals surface area (Å²) in [4.78, 5) is 19.2. The van der Waals surface area contributed by atoms with Crippen LogP contribution in [-0.4, -0.2) is 37.3 Å². The van der Waals surface area contributed by atoms with Crippen LogP contribution < -0.4 is 0 Å². The highest BCUT2D eigenvalue weighted by Gasteiger charge is 2.35. The summed E-state index contributed by atoms with van der Waals surface area (Å²) in [5, 5.41) is 8.25. The summed E-state index contributed by atoms with van der Waals surface area (Å²) in [7, 11) is 0. The van der Waals surface area contributed by atoms with Crippen LogP contribution in [0.4, 0.5) is 0 Å². The maximum absolute atomic E-state index is 13.1. The molecule has 0 N–H and O–H groups in total. The van der Waals surface area contributed by atoms with Gasteiger partial charge in [-0.3, -0.25) is 4.79 Å². The third-order valence-electron chi connectivity index (χ3n) is 4.58. The van der Waals surface area contributed by atoms with Gasteiger partial charge in [0.1, 0.15) is 6.04 Å². The van der Waals surface area contributed by atoms with E-state index in [4.69, 9.17) is 4.52 Å². The van der Waals surface area contributed by atoms with Crippen LogP contribution in [0.3, 0.4) is 0 Å². The highest BCUT2D eigenvalue weighted by molar-refractivity contribution is 5.95. The summed E-state index contributed by atoms with van der Waals surface area (Å²) in [6.45, 7) is 4.37. The van der Waals surface area contributed by atoms with Crippen LogP contribution in [0.5, 0.6) is 0 Å². The molecule has 25 heavy (non-hydrogen) atoms. The van der Waals surface area contributed by atoms with Gasteiger partial charge in [-0.2, -0.15) is 10.1 Å². The molecular weight excluding hydrogens is 318 g/mol. The lowest BCUT2D eigenvalue weighted by Gasteiger charge is -2.21. The maximum Gasteiger partial charge on any atom is 0.258 e. The minimum atomic E-state index is -0.159. The van der Waals surface area contributed by atoms with Crippen LogP contribution in [-0.2, 0) is 0 Å². The van der Waals surface area contributed by atoms with Crippen LogP contribution in [0.15, 0.2) is 41.1 Å². The number of hydrogen-bond acceptors (Lipinski definition) is 5. The Balaban J connectivity index is 1.64. The molecule has 7 nitrogen and oxygen atoms in total. The molecule has 0 bridgehead atoms. The van der Waals surface area contributed by atoms with Crippen molar-refractivity contribution >= 4 is 5.91 Å². The molecule has 0 spiro atoms. The van der Waals surface area contributed by atoms with Crippen molar-refractivity contribution in [2.24, 2.45) is 0 Å². The van der Waals surface area contributed by atoms with Crippen molar-refractivity contribution in [3.05, 3.63) is 59.5 Å². The van der Waals surface area contributed by atoms with Crippen LogP contribution in [0, 0.1) is 13.8 Å².